The van der Waals surface area contributed by atoms with Crippen LogP contribution in [0.15, 0.2) is 40.9 Å². The van der Waals surface area contributed by atoms with Crippen LogP contribution in [-0.2, 0) is 0 Å². The molecule has 0 aliphatic carbocycles. The van der Waals surface area contributed by atoms with Crippen molar-refractivity contribution in [1.82, 2.24) is 0 Å². The number of hydrogen-bond donors (Lipinski definition) is 1. The van der Waals surface area contributed by atoms with E-state index in [0.29, 0.717) is 14.9 Å². The Balaban J connectivity index is 1.97. The highest BCUT2D eigenvalue weighted by Crippen LogP contribution is 2.37. The smallest absolute Gasteiger partial charge is 0.267 e. The van der Waals surface area contributed by atoms with E-state index < -0.39 is 0 Å². The second kappa shape index (κ2) is 6.65. The molecule has 2 aromatic carbocycles. The van der Waals surface area contributed by atoms with Gasteiger partial charge < -0.3 is 5.32 Å². The first-order valence-electron chi connectivity index (χ1n) is 6.09. The molecule has 0 unspecified atom stereocenters. The van der Waals surface area contributed by atoms with Crippen LogP contribution in [0.2, 0.25) is 10.0 Å². The van der Waals surface area contributed by atoms with Gasteiger partial charge in [-0.15, -0.1) is 11.3 Å². The Kier molecular flexibility index (Phi) is 4.99. The Morgan fingerprint density at radius 2 is 1.95 bits per heavy atom. The van der Waals surface area contributed by atoms with Crippen LogP contribution in [0, 0.1) is 3.57 Å². The molecule has 1 N–H and O–H groups in total. The summed E-state index contributed by atoms with van der Waals surface area (Å²) in [5.41, 5.74) is 0.750. The molecule has 2 nitrogen and oxygen atoms in total. The van der Waals surface area contributed by atoms with Gasteiger partial charge in [-0.2, -0.15) is 0 Å². The van der Waals surface area contributed by atoms with E-state index in [9.17, 15) is 4.79 Å². The third-order valence-corrected chi connectivity index (χ3v) is 6.25. The van der Waals surface area contributed by atoms with Gasteiger partial charge in [-0.3, -0.25) is 4.79 Å². The number of carbonyl (C=O) groups is 1. The molecule has 0 bridgehead atoms. The maximum absolute atomic E-state index is 12.5. The van der Waals surface area contributed by atoms with E-state index >= 15 is 0 Å². The number of anilines is 1. The van der Waals surface area contributed by atoms with Crippen LogP contribution >= 0.6 is 73.1 Å². The molecule has 0 aliphatic heterocycles. The first-order chi connectivity index (χ1) is 10.5. The van der Waals surface area contributed by atoms with Crippen LogP contribution in [0.1, 0.15) is 9.67 Å². The quantitative estimate of drug-likeness (QED) is 0.364. The van der Waals surface area contributed by atoms with Crippen molar-refractivity contribution in [1.29, 1.82) is 0 Å². The summed E-state index contributed by atoms with van der Waals surface area (Å²) >= 11 is 19.2. The van der Waals surface area contributed by atoms with Gasteiger partial charge in [0.25, 0.3) is 5.91 Å². The SMILES string of the molecule is O=C(Nc1ccc(Br)cc1I)c1sc2cc(Cl)ccc2c1Cl. The van der Waals surface area contributed by atoms with Gasteiger partial charge in [0.15, 0.2) is 0 Å². The zero-order valence-corrected chi connectivity index (χ0v) is 16.9. The number of rotatable bonds is 2. The van der Waals surface area contributed by atoms with Crippen LogP contribution in [-0.4, -0.2) is 5.91 Å². The fraction of sp³-hybridized carbons (Fsp3) is 0. The number of fused-ring (bicyclic) bond motifs is 1. The van der Waals surface area contributed by atoms with Crippen molar-refractivity contribution in [2.75, 3.05) is 5.32 Å². The summed E-state index contributed by atoms with van der Waals surface area (Å²) in [4.78, 5) is 13.0. The topological polar surface area (TPSA) is 29.1 Å². The molecule has 3 rings (SSSR count). The lowest BCUT2D eigenvalue weighted by Crippen LogP contribution is -2.11. The Bertz CT molecular complexity index is 897. The standard InChI is InChI=1S/C15H7BrCl2INOS/c16-7-1-4-11(10(19)5-7)20-15(21)14-13(18)9-3-2-8(17)6-12(9)22-14/h1-6H,(H,20,21). The largest absolute Gasteiger partial charge is 0.320 e. The highest BCUT2D eigenvalue weighted by molar-refractivity contribution is 14.1. The Hall–Kier alpha value is -0.340. The first-order valence-corrected chi connectivity index (χ1v) is 9.54. The minimum Gasteiger partial charge on any atom is -0.320 e. The van der Waals surface area contributed by atoms with Gasteiger partial charge >= 0.3 is 0 Å². The van der Waals surface area contributed by atoms with Gasteiger partial charge in [-0.25, -0.2) is 0 Å². The van der Waals surface area contributed by atoms with Gasteiger partial charge in [0, 0.05) is 23.2 Å². The van der Waals surface area contributed by atoms with Gasteiger partial charge in [0.2, 0.25) is 0 Å². The molecule has 0 saturated carbocycles. The number of benzene rings is 2. The Morgan fingerprint density at radius 1 is 1.18 bits per heavy atom. The first kappa shape index (κ1) is 16.5. The molecule has 7 heteroatoms. The van der Waals surface area contributed by atoms with E-state index in [1.165, 1.54) is 11.3 Å². The monoisotopic (exact) mass is 525 g/mol. The zero-order valence-electron chi connectivity index (χ0n) is 10.8. The molecule has 0 spiro atoms. The molecule has 1 aromatic heterocycles. The zero-order chi connectivity index (χ0) is 15.9. The molecule has 0 atom stereocenters. The van der Waals surface area contributed by atoms with Crippen molar-refractivity contribution < 1.29 is 4.79 Å². The molecule has 112 valence electrons. The number of carbonyl (C=O) groups excluding carboxylic acids is 1. The predicted molar refractivity (Wildman–Crippen MR) is 107 cm³/mol. The number of nitrogens with one attached hydrogen (secondary N) is 1. The fourth-order valence-corrected chi connectivity index (χ4v) is 5.08. The number of thiophene rings is 1. The third-order valence-electron chi connectivity index (χ3n) is 2.98. The van der Waals surface area contributed by atoms with E-state index in [1.807, 2.05) is 30.3 Å². The van der Waals surface area contributed by atoms with Crippen molar-refractivity contribution in [3.8, 4) is 0 Å². The average molecular weight is 527 g/mol. The predicted octanol–water partition coefficient (Wildman–Crippen LogP) is 6.83. The molecule has 0 aliphatic rings. The van der Waals surface area contributed by atoms with Crippen LogP contribution < -0.4 is 5.32 Å². The maximum atomic E-state index is 12.5. The summed E-state index contributed by atoms with van der Waals surface area (Å²) in [5.74, 6) is -0.220. The molecular formula is C15H7BrCl2INOS. The summed E-state index contributed by atoms with van der Waals surface area (Å²) in [6.45, 7) is 0. The second-order valence-electron chi connectivity index (χ2n) is 4.46. The van der Waals surface area contributed by atoms with E-state index in [2.05, 4.69) is 43.8 Å². The molecule has 22 heavy (non-hydrogen) atoms. The summed E-state index contributed by atoms with van der Waals surface area (Å²) in [6.07, 6.45) is 0. The third kappa shape index (κ3) is 3.28. The van der Waals surface area contributed by atoms with Crippen LogP contribution in [0.5, 0.6) is 0 Å². The highest BCUT2D eigenvalue weighted by Gasteiger charge is 2.18. The summed E-state index contributed by atoms with van der Waals surface area (Å²) in [5, 5.41) is 4.82. The van der Waals surface area contributed by atoms with Gasteiger partial charge in [0.05, 0.1) is 10.7 Å². The lowest BCUT2D eigenvalue weighted by molar-refractivity contribution is 0.103. The Labute approximate surface area is 163 Å². The average Bonchev–Trinajstić information content (AvgIpc) is 2.78. The van der Waals surface area contributed by atoms with Gasteiger partial charge in [-0.1, -0.05) is 45.2 Å². The van der Waals surface area contributed by atoms with Crippen LogP contribution in [0.3, 0.4) is 0 Å². The van der Waals surface area contributed by atoms with Crippen LogP contribution in [0.25, 0.3) is 10.1 Å². The molecule has 1 amide bonds. The van der Waals surface area contributed by atoms with Crippen molar-refractivity contribution >= 4 is 94.7 Å². The molecule has 0 fully saturated rings. The molecule has 1 heterocycles. The van der Waals surface area contributed by atoms with E-state index in [1.54, 1.807) is 6.07 Å². The highest BCUT2D eigenvalue weighted by atomic mass is 127. The van der Waals surface area contributed by atoms with E-state index in [-0.39, 0.29) is 5.91 Å². The normalized spacial score (nSPS) is 10.9. The van der Waals surface area contributed by atoms with Gasteiger partial charge in [-0.05, 0) is 52.9 Å². The lowest BCUT2D eigenvalue weighted by atomic mass is 10.2. The molecule has 3 aromatic rings. The molecule has 0 radical (unpaired) electrons. The van der Waals surface area contributed by atoms with Crippen molar-refractivity contribution in [2.45, 2.75) is 0 Å². The van der Waals surface area contributed by atoms with E-state index in [4.69, 9.17) is 23.2 Å². The number of amides is 1. The Morgan fingerprint density at radius 3 is 2.68 bits per heavy atom. The number of halogens is 4. The van der Waals surface area contributed by atoms with Crippen molar-refractivity contribution in [2.24, 2.45) is 0 Å². The van der Waals surface area contributed by atoms with E-state index in [0.717, 1.165) is 23.8 Å². The summed E-state index contributed by atoms with van der Waals surface area (Å²) < 4.78 is 2.80. The van der Waals surface area contributed by atoms with Crippen LogP contribution in [0.4, 0.5) is 5.69 Å². The van der Waals surface area contributed by atoms with Crippen molar-refractivity contribution in [3.05, 3.63) is 59.4 Å². The fourth-order valence-electron chi connectivity index (χ4n) is 1.95. The molecular weight excluding hydrogens is 520 g/mol. The molecule has 0 saturated heterocycles. The van der Waals surface area contributed by atoms with Gasteiger partial charge in [0.1, 0.15) is 4.88 Å². The maximum Gasteiger partial charge on any atom is 0.267 e. The minimum atomic E-state index is -0.220. The summed E-state index contributed by atoms with van der Waals surface area (Å²) in [7, 11) is 0. The second-order valence-corrected chi connectivity index (χ2v) is 8.41. The minimum absolute atomic E-state index is 0.220. The number of hydrogen-bond acceptors (Lipinski definition) is 2. The summed E-state index contributed by atoms with van der Waals surface area (Å²) in [6, 6.07) is 11.1. The lowest BCUT2D eigenvalue weighted by Gasteiger charge is -2.07. The van der Waals surface area contributed by atoms with Crippen molar-refractivity contribution in [3.63, 3.8) is 0 Å².